The number of aryl methyl sites for hydroxylation is 1. The van der Waals surface area contributed by atoms with Crippen molar-refractivity contribution in [3.8, 4) is 28.4 Å². The third-order valence-corrected chi connectivity index (χ3v) is 5.01. The number of benzene rings is 3. The summed E-state index contributed by atoms with van der Waals surface area (Å²) < 4.78 is 26.6. The quantitative estimate of drug-likeness (QED) is 0.453. The number of carbonyl (C=O) groups excluding carboxylic acids is 1. The third-order valence-electron chi connectivity index (χ3n) is 5.01. The van der Waals surface area contributed by atoms with Crippen LogP contribution in [0.1, 0.15) is 15.9 Å². The van der Waals surface area contributed by atoms with Gasteiger partial charge in [0.25, 0.3) is 5.91 Å². The molecule has 0 saturated heterocycles. The number of ether oxygens (including phenoxy) is 2. The molecule has 1 aromatic heterocycles. The van der Waals surface area contributed by atoms with Gasteiger partial charge in [0, 0.05) is 11.8 Å². The Hall–Kier alpha value is -4.13. The normalized spacial score (nSPS) is 10.6. The maximum Gasteiger partial charge on any atom is 0.259 e. The molecule has 0 atom stereocenters. The maximum atomic E-state index is 14.3. The highest BCUT2D eigenvalue weighted by molar-refractivity contribution is 6.08. The van der Waals surface area contributed by atoms with Crippen molar-refractivity contribution in [3.05, 3.63) is 89.9 Å². The largest absolute Gasteiger partial charge is 0.493 e. The molecule has 0 saturated carbocycles. The fraction of sp³-hybridized carbons (Fsp3) is 0.120. The minimum absolute atomic E-state index is 0.112. The summed E-state index contributed by atoms with van der Waals surface area (Å²) in [6, 6.07) is 19.3. The summed E-state index contributed by atoms with van der Waals surface area (Å²) in [5.41, 5.74) is 3.12. The number of amides is 1. The molecule has 32 heavy (non-hydrogen) atoms. The highest BCUT2D eigenvalue weighted by Gasteiger charge is 2.21. The number of methoxy groups -OCH3 is 2. The molecule has 0 spiro atoms. The van der Waals surface area contributed by atoms with E-state index in [1.54, 1.807) is 55.4 Å². The minimum atomic E-state index is -0.507. The van der Waals surface area contributed by atoms with Crippen molar-refractivity contribution in [2.24, 2.45) is 0 Å². The lowest BCUT2D eigenvalue weighted by molar-refractivity contribution is 0.102. The van der Waals surface area contributed by atoms with Crippen LogP contribution in [0, 0.1) is 12.7 Å². The van der Waals surface area contributed by atoms with Crippen molar-refractivity contribution in [3.63, 3.8) is 0 Å². The predicted molar refractivity (Wildman–Crippen MR) is 121 cm³/mol. The zero-order chi connectivity index (χ0) is 22.7. The third kappa shape index (κ3) is 4.18. The van der Waals surface area contributed by atoms with Gasteiger partial charge in [0.1, 0.15) is 11.5 Å². The number of hydrogen-bond donors (Lipinski definition) is 1. The van der Waals surface area contributed by atoms with Crippen molar-refractivity contribution < 1.29 is 18.7 Å². The van der Waals surface area contributed by atoms with E-state index in [9.17, 15) is 9.18 Å². The Morgan fingerprint density at radius 3 is 2.44 bits per heavy atom. The Bertz CT molecular complexity index is 1270. The van der Waals surface area contributed by atoms with Gasteiger partial charge in [-0.05, 0) is 55.0 Å². The number of rotatable bonds is 6. The first-order valence-electron chi connectivity index (χ1n) is 9.95. The highest BCUT2D eigenvalue weighted by atomic mass is 19.1. The molecule has 0 unspecified atom stereocenters. The molecule has 7 heteroatoms. The number of carbonyl (C=O) groups is 1. The van der Waals surface area contributed by atoms with Gasteiger partial charge in [-0.1, -0.05) is 24.3 Å². The number of anilines is 1. The fourth-order valence-electron chi connectivity index (χ4n) is 3.37. The average Bonchev–Trinajstić information content (AvgIpc) is 3.27. The fourth-order valence-corrected chi connectivity index (χ4v) is 3.37. The number of nitrogens with zero attached hydrogens (tertiary/aromatic N) is 2. The molecule has 0 aliphatic heterocycles. The number of nitrogens with one attached hydrogen (secondary N) is 1. The van der Waals surface area contributed by atoms with Crippen LogP contribution in [0.4, 0.5) is 10.1 Å². The van der Waals surface area contributed by atoms with Gasteiger partial charge in [0.05, 0.1) is 31.2 Å². The van der Waals surface area contributed by atoms with Gasteiger partial charge in [-0.25, -0.2) is 9.07 Å². The lowest BCUT2D eigenvalue weighted by atomic mass is 10.1. The van der Waals surface area contributed by atoms with Crippen molar-refractivity contribution in [1.29, 1.82) is 0 Å². The second-order valence-electron chi connectivity index (χ2n) is 7.18. The van der Waals surface area contributed by atoms with E-state index in [1.165, 1.54) is 6.07 Å². The molecule has 162 valence electrons. The number of hydrogen-bond acceptors (Lipinski definition) is 4. The maximum absolute atomic E-state index is 14.3. The number of aromatic nitrogens is 2. The summed E-state index contributed by atoms with van der Waals surface area (Å²) in [4.78, 5) is 13.2. The first kappa shape index (κ1) is 21.1. The van der Waals surface area contributed by atoms with Crippen LogP contribution in [0.3, 0.4) is 0 Å². The predicted octanol–water partition coefficient (Wildman–Crippen LogP) is 5.26. The number of halogens is 1. The monoisotopic (exact) mass is 431 g/mol. The topological polar surface area (TPSA) is 65.4 Å². The lowest BCUT2D eigenvalue weighted by Crippen LogP contribution is -2.13. The standard InChI is InChI=1S/C25H22FN3O3/c1-16-9-11-20(26)21(13-16)27-25(30)19-15-29(18-7-5-4-6-8-18)28-24(19)17-10-12-22(31-2)23(14-17)32-3/h4-15H,1-3H3,(H,27,30). The van der Waals surface area contributed by atoms with Gasteiger partial charge in [-0.15, -0.1) is 0 Å². The molecule has 4 aromatic rings. The molecule has 1 amide bonds. The summed E-state index contributed by atoms with van der Waals surface area (Å²) >= 11 is 0. The Morgan fingerprint density at radius 2 is 1.72 bits per heavy atom. The van der Waals surface area contributed by atoms with E-state index in [0.29, 0.717) is 28.3 Å². The molecule has 3 aromatic carbocycles. The van der Waals surface area contributed by atoms with Crippen LogP contribution in [0.5, 0.6) is 11.5 Å². The summed E-state index contributed by atoms with van der Waals surface area (Å²) in [6.45, 7) is 1.83. The van der Waals surface area contributed by atoms with Gasteiger partial charge in [-0.3, -0.25) is 4.79 Å². The summed E-state index contributed by atoms with van der Waals surface area (Å²) in [5.74, 6) is 0.0930. The smallest absolute Gasteiger partial charge is 0.259 e. The van der Waals surface area contributed by atoms with E-state index < -0.39 is 11.7 Å². The Balaban J connectivity index is 1.81. The molecule has 0 aliphatic carbocycles. The van der Waals surface area contributed by atoms with E-state index in [-0.39, 0.29) is 5.69 Å². The first-order valence-corrected chi connectivity index (χ1v) is 9.95. The average molecular weight is 431 g/mol. The molecule has 1 N–H and O–H groups in total. The van der Waals surface area contributed by atoms with Gasteiger partial charge in [-0.2, -0.15) is 5.10 Å². The van der Waals surface area contributed by atoms with Crippen LogP contribution in [-0.2, 0) is 0 Å². The van der Waals surface area contributed by atoms with Crippen molar-refractivity contribution in [2.45, 2.75) is 6.92 Å². The summed E-state index contributed by atoms with van der Waals surface area (Å²) in [7, 11) is 3.09. The second-order valence-corrected chi connectivity index (χ2v) is 7.18. The van der Waals surface area contributed by atoms with Gasteiger partial charge in [0.15, 0.2) is 11.5 Å². The molecule has 4 rings (SSSR count). The van der Waals surface area contributed by atoms with Crippen LogP contribution in [0.25, 0.3) is 16.9 Å². The van der Waals surface area contributed by atoms with Crippen molar-refractivity contribution in [2.75, 3.05) is 19.5 Å². The SMILES string of the molecule is COc1ccc(-c2nn(-c3ccccc3)cc2C(=O)Nc2cc(C)ccc2F)cc1OC. The number of para-hydroxylation sites is 1. The van der Waals surface area contributed by atoms with Crippen LogP contribution in [-0.4, -0.2) is 29.9 Å². The highest BCUT2D eigenvalue weighted by Crippen LogP contribution is 2.33. The van der Waals surface area contributed by atoms with Gasteiger partial charge >= 0.3 is 0 Å². The van der Waals surface area contributed by atoms with Gasteiger partial charge < -0.3 is 14.8 Å². The van der Waals surface area contributed by atoms with E-state index in [4.69, 9.17) is 9.47 Å². The molecule has 0 radical (unpaired) electrons. The van der Waals surface area contributed by atoms with Gasteiger partial charge in [0.2, 0.25) is 0 Å². The molecule has 0 fully saturated rings. The minimum Gasteiger partial charge on any atom is -0.493 e. The molecular weight excluding hydrogens is 409 g/mol. The van der Waals surface area contributed by atoms with Crippen LogP contribution < -0.4 is 14.8 Å². The zero-order valence-electron chi connectivity index (χ0n) is 17.9. The molecule has 0 bridgehead atoms. The Kier molecular flexibility index (Phi) is 5.89. The Morgan fingerprint density at radius 1 is 0.969 bits per heavy atom. The molecular formula is C25H22FN3O3. The summed E-state index contributed by atoms with van der Waals surface area (Å²) in [5, 5.41) is 7.32. The van der Waals surface area contributed by atoms with Crippen LogP contribution >= 0.6 is 0 Å². The zero-order valence-corrected chi connectivity index (χ0v) is 17.9. The Labute approximate surface area is 185 Å². The van der Waals surface area contributed by atoms with E-state index in [0.717, 1.165) is 11.3 Å². The van der Waals surface area contributed by atoms with Crippen LogP contribution in [0.15, 0.2) is 72.9 Å². The second kappa shape index (κ2) is 8.93. The summed E-state index contributed by atoms with van der Waals surface area (Å²) in [6.07, 6.45) is 1.63. The van der Waals surface area contributed by atoms with E-state index >= 15 is 0 Å². The lowest BCUT2D eigenvalue weighted by Gasteiger charge is -2.10. The molecule has 0 aliphatic rings. The molecule has 1 heterocycles. The molecule has 6 nitrogen and oxygen atoms in total. The van der Waals surface area contributed by atoms with E-state index in [2.05, 4.69) is 10.4 Å². The first-order chi connectivity index (χ1) is 15.5. The van der Waals surface area contributed by atoms with E-state index in [1.807, 2.05) is 37.3 Å². The van der Waals surface area contributed by atoms with Crippen molar-refractivity contribution >= 4 is 11.6 Å². The van der Waals surface area contributed by atoms with Crippen LogP contribution in [0.2, 0.25) is 0 Å². The van der Waals surface area contributed by atoms with Crippen molar-refractivity contribution in [1.82, 2.24) is 9.78 Å².